The Morgan fingerprint density at radius 1 is 0.462 bits per heavy atom. The standard InChI is InChI=1S/C26H53/c1-5-8-11-14-17-20-23-26(22-19-16-13-10-7-3)24-25(4)21-18-15-12-9-6-2/h24-26H,5-23H2,1-4H3. The molecule has 0 aliphatic heterocycles. The molecule has 0 aliphatic rings. The van der Waals surface area contributed by atoms with Crippen molar-refractivity contribution in [2.24, 2.45) is 11.8 Å². The smallest absolute Gasteiger partial charge is 0.0326 e. The summed E-state index contributed by atoms with van der Waals surface area (Å²) in [7, 11) is 0. The van der Waals surface area contributed by atoms with E-state index in [1.54, 1.807) is 0 Å². The van der Waals surface area contributed by atoms with Gasteiger partial charge in [-0.1, -0.05) is 150 Å². The fraction of sp³-hybridized carbons (Fsp3) is 0.962. The summed E-state index contributed by atoms with van der Waals surface area (Å²) in [5.41, 5.74) is 0. The summed E-state index contributed by atoms with van der Waals surface area (Å²) in [6.07, 6.45) is 30.0. The summed E-state index contributed by atoms with van der Waals surface area (Å²) in [6, 6.07) is 0. The van der Waals surface area contributed by atoms with Crippen LogP contribution in [0.3, 0.4) is 0 Å². The van der Waals surface area contributed by atoms with Crippen molar-refractivity contribution in [3.63, 3.8) is 0 Å². The van der Waals surface area contributed by atoms with Crippen molar-refractivity contribution in [1.82, 2.24) is 0 Å². The molecule has 157 valence electrons. The van der Waals surface area contributed by atoms with Crippen LogP contribution in [0.25, 0.3) is 0 Å². The first kappa shape index (κ1) is 26.0. The van der Waals surface area contributed by atoms with Crippen molar-refractivity contribution in [3.05, 3.63) is 6.42 Å². The van der Waals surface area contributed by atoms with Gasteiger partial charge in [-0.15, -0.1) is 0 Å². The van der Waals surface area contributed by atoms with E-state index in [1.807, 2.05) is 0 Å². The van der Waals surface area contributed by atoms with E-state index in [9.17, 15) is 0 Å². The quantitative estimate of drug-likeness (QED) is 0.177. The van der Waals surface area contributed by atoms with Crippen molar-refractivity contribution < 1.29 is 0 Å². The van der Waals surface area contributed by atoms with Gasteiger partial charge in [0, 0.05) is 0 Å². The molecule has 0 aromatic heterocycles. The summed E-state index contributed by atoms with van der Waals surface area (Å²) in [5.74, 6) is 1.73. The van der Waals surface area contributed by atoms with Gasteiger partial charge < -0.3 is 0 Å². The third-order valence-corrected chi connectivity index (χ3v) is 5.97. The predicted molar refractivity (Wildman–Crippen MR) is 122 cm³/mol. The highest BCUT2D eigenvalue weighted by Crippen LogP contribution is 2.27. The molecule has 0 fully saturated rings. The van der Waals surface area contributed by atoms with E-state index in [-0.39, 0.29) is 0 Å². The minimum absolute atomic E-state index is 0.831. The lowest BCUT2D eigenvalue weighted by molar-refractivity contribution is 0.396. The molecule has 0 bridgehead atoms. The van der Waals surface area contributed by atoms with Gasteiger partial charge in [0.25, 0.3) is 0 Å². The molecule has 0 rings (SSSR count). The fourth-order valence-electron chi connectivity index (χ4n) is 4.16. The summed E-state index contributed by atoms with van der Waals surface area (Å²) in [5, 5.41) is 0. The van der Waals surface area contributed by atoms with Gasteiger partial charge in [-0.05, 0) is 18.3 Å². The lowest BCUT2D eigenvalue weighted by Crippen LogP contribution is -2.09. The molecule has 0 aromatic rings. The van der Waals surface area contributed by atoms with Crippen LogP contribution in [0.5, 0.6) is 0 Å². The van der Waals surface area contributed by atoms with E-state index >= 15 is 0 Å². The molecule has 0 amide bonds. The van der Waals surface area contributed by atoms with E-state index in [2.05, 4.69) is 34.1 Å². The number of hydrogen-bond acceptors (Lipinski definition) is 0. The van der Waals surface area contributed by atoms with Gasteiger partial charge in [-0.2, -0.15) is 0 Å². The maximum Gasteiger partial charge on any atom is -0.0326 e. The Morgan fingerprint density at radius 3 is 1.23 bits per heavy atom. The van der Waals surface area contributed by atoms with Crippen LogP contribution in [0, 0.1) is 18.3 Å². The minimum Gasteiger partial charge on any atom is -0.0654 e. The van der Waals surface area contributed by atoms with Crippen LogP contribution in [0.1, 0.15) is 150 Å². The van der Waals surface area contributed by atoms with Crippen LogP contribution in [0.4, 0.5) is 0 Å². The molecule has 0 heterocycles. The Labute approximate surface area is 168 Å². The highest BCUT2D eigenvalue weighted by atomic mass is 14.2. The maximum absolute atomic E-state index is 2.76. The normalized spacial score (nSPS) is 13.8. The van der Waals surface area contributed by atoms with Gasteiger partial charge in [-0.25, -0.2) is 0 Å². The zero-order valence-corrected chi connectivity index (χ0v) is 19.2. The third kappa shape index (κ3) is 18.8. The van der Waals surface area contributed by atoms with Gasteiger partial charge in [0.1, 0.15) is 0 Å². The predicted octanol–water partition coefficient (Wildman–Crippen LogP) is 9.91. The van der Waals surface area contributed by atoms with Gasteiger partial charge in [0.2, 0.25) is 0 Å². The van der Waals surface area contributed by atoms with Crippen molar-refractivity contribution in [2.75, 3.05) is 0 Å². The largest absolute Gasteiger partial charge is 0.0654 e. The number of hydrogen-bond donors (Lipinski definition) is 0. The molecule has 0 nitrogen and oxygen atoms in total. The number of rotatable bonds is 21. The highest BCUT2D eigenvalue weighted by molar-refractivity contribution is 4.81. The van der Waals surface area contributed by atoms with Gasteiger partial charge in [0.05, 0.1) is 0 Å². The fourth-order valence-corrected chi connectivity index (χ4v) is 4.16. The summed E-state index contributed by atoms with van der Waals surface area (Å²) in [6.45, 7) is 9.42. The lowest BCUT2D eigenvalue weighted by Gasteiger charge is -2.21. The topological polar surface area (TPSA) is 0 Å². The van der Waals surface area contributed by atoms with E-state index in [4.69, 9.17) is 0 Å². The van der Waals surface area contributed by atoms with Crippen molar-refractivity contribution in [1.29, 1.82) is 0 Å². The second-order valence-corrected chi connectivity index (χ2v) is 8.89. The first-order valence-electron chi connectivity index (χ1n) is 12.6. The molecule has 0 saturated carbocycles. The molecule has 0 saturated heterocycles. The first-order chi connectivity index (χ1) is 12.7. The van der Waals surface area contributed by atoms with Crippen LogP contribution < -0.4 is 0 Å². The van der Waals surface area contributed by atoms with Crippen LogP contribution >= 0.6 is 0 Å². The van der Waals surface area contributed by atoms with Gasteiger partial charge in [-0.3, -0.25) is 0 Å². The molecular weight excluding hydrogens is 312 g/mol. The molecular formula is C26H53. The molecule has 0 spiro atoms. The van der Waals surface area contributed by atoms with Crippen molar-refractivity contribution >= 4 is 0 Å². The van der Waals surface area contributed by atoms with E-state index in [0.29, 0.717) is 0 Å². The zero-order valence-electron chi connectivity index (χ0n) is 19.2. The minimum atomic E-state index is 0.831. The molecule has 0 N–H and O–H groups in total. The second kappa shape index (κ2) is 21.3. The third-order valence-electron chi connectivity index (χ3n) is 5.97. The average Bonchev–Trinajstić information content (AvgIpc) is 2.64. The maximum atomic E-state index is 2.76. The van der Waals surface area contributed by atoms with Crippen molar-refractivity contribution in [2.45, 2.75) is 150 Å². The summed E-state index contributed by atoms with van der Waals surface area (Å²) < 4.78 is 0. The van der Waals surface area contributed by atoms with Gasteiger partial charge in [0.15, 0.2) is 0 Å². The first-order valence-corrected chi connectivity index (χ1v) is 12.6. The Morgan fingerprint density at radius 2 is 0.808 bits per heavy atom. The van der Waals surface area contributed by atoms with Crippen LogP contribution in [-0.2, 0) is 0 Å². The van der Waals surface area contributed by atoms with Gasteiger partial charge >= 0.3 is 0 Å². The number of unbranched alkanes of at least 4 members (excludes halogenated alkanes) is 13. The average molecular weight is 366 g/mol. The molecule has 1 radical (unpaired) electrons. The van der Waals surface area contributed by atoms with E-state index in [1.165, 1.54) is 122 Å². The van der Waals surface area contributed by atoms with E-state index < -0.39 is 0 Å². The monoisotopic (exact) mass is 365 g/mol. The zero-order chi connectivity index (χ0) is 19.3. The SMILES string of the molecule is CCCCCCCCC([CH]C(C)CCCCCCC)CCCCCCC. The summed E-state index contributed by atoms with van der Waals surface area (Å²) in [4.78, 5) is 0. The highest BCUT2D eigenvalue weighted by Gasteiger charge is 2.13. The van der Waals surface area contributed by atoms with Crippen molar-refractivity contribution in [3.8, 4) is 0 Å². The molecule has 0 heteroatoms. The Bertz CT molecular complexity index is 244. The second-order valence-electron chi connectivity index (χ2n) is 8.89. The molecule has 0 aromatic carbocycles. The summed E-state index contributed by atoms with van der Waals surface area (Å²) >= 11 is 0. The molecule has 26 heavy (non-hydrogen) atoms. The molecule has 2 atom stereocenters. The Balaban J connectivity index is 3.96. The Kier molecular flexibility index (Phi) is 21.3. The van der Waals surface area contributed by atoms with E-state index in [0.717, 1.165) is 11.8 Å². The van der Waals surface area contributed by atoms with Crippen LogP contribution in [0.2, 0.25) is 0 Å². The van der Waals surface area contributed by atoms with Crippen LogP contribution in [0.15, 0.2) is 0 Å². The van der Waals surface area contributed by atoms with Crippen LogP contribution in [-0.4, -0.2) is 0 Å². The molecule has 2 unspecified atom stereocenters. The lowest BCUT2D eigenvalue weighted by atomic mass is 9.85. The molecule has 0 aliphatic carbocycles. The Hall–Kier alpha value is 0.